The number of fused-ring (bicyclic) bond motifs is 1. The van der Waals surface area contributed by atoms with E-state index in [1.165, 1.54) is 30.4 Å². The maximum Gasteiger partial charge on any atom is 0.192 e. The summed E-state index contributed by atoms with van der Waals surface area (Å²) in [5.41, 5.74) is 6.89. The van der Waals surface area contributed by atoms with E-state index in [2.05, 4.69) is 138 Å². The van der Waals surface area contributed by atoms with Gasteiger partial charge in [-0.1, -0.05) is 123 Å². The van der Waals surface area contributed by atoms with Crippen molar-refractivity contribution in [3.05, 3.63) is 59.3 Å². The van der Waals surface area contributed by atoms with Crippen molar-refractivity contribution in [1.29, 1.82) is 0 Å². The van der Waals surface area contributed by atoms with Gasteiger partial charge < -0.3 is 13.7 Å². The number of nitrogens with zero attached hydrogens (tertiary/aromatic N) is 1. The summed E-state index contributed by atoms with van der Waals surface area (Å²) < 4.78 is 14.2. The Morgan fingerprint density at radius 2 is 1.60 bits per heavy atom. The molecule has 5 atom stereocenters. The van der Waals surface area contributed by atoms with Crippen LogP contribution in [0.2, 0.25) is 36.3 Å². The predicted octanol–water partition coefficient (Wildman–Crippen LogP) is 12.7. The van der Waals surface area contributed by atoms with E-state index >= 15 is 0 Å². The smallest absolute Gasteiger partial charge is 0.192 e. The average molecular weight is 696 g/mol. The summed E-state index contributed by atoms with van der Waals surface area (Å²) in [6.45, 7) is 39.7. The first kappa shape index (κ1) is 40.9. The van der Waals surface area contributed by atoms with Crippen molar-refractivity contribution in [2.45, 2.75) is 170 Å². The highest BCUT2D eigenvalue weighted by Gasteiger charge is 2.47. The number of rotatable bonds is 10. The lowest BCUT2D eigenvalue weighted by Gasteiger charge is -2.45. The van der Waals surface area contributed by atoms with E-state index in [1.54, 1.807) is 18.3 Å². The van der Waals surface area contributed by atoms with Crippen LogP contribution in [0.5, 0.6) is 0 Å². The van der Waals surface area contributed by atoms with Crippen LogP contribution in [0.15, 0.2) is 64.4 Å². The summed E-state index contributed by atoms with van der Waals surface area (Å²) in [4.78, 5) is 5.14. The van der Waals surface area contributed by atoms with Crippen molar-refractivity contribution in [3.63, 3.8) is 0 Å². The van der Waals surface area contributed by atoms with Gasteiger partial charge in [0.1, 0.15) is 7.11 Å². The van der Waals surface area contributed by atoms with Gasteiger partial charge in [-0.05, 0) is 109 Å². The third-order valence-corrected chi connectivity index (χ3v) is 21.6. The maximum absolute atomic E-state index is 7.10. The first-order valence-corrected chi connectivity index (χ1v) is 24.6. The summed E-state index contributed by atoms with van der Waals surface area (Å²) in [6.07, 6.45) is 19.8. The van der Waals surface area contributed by atoms with Gasteiger partial charge in [-0.2, -0.15) is 0 Å². The molecule has 0 spiro atoms. The fourth-order valence-electron chi connectivity index (χ4n) is 7.41. The molecule has 0 N–H and O–H groups in total. The van der Waals surface area contributed by atoms with Crippen LogP contribution in [0.1, 0.15) is 121 Å². The maximum atomic E-state index is 7.10. The second kappa shape index (κ2) is 15.0. The van der Waals surface area contributed by atoms with Crippen LogP contribution < -0.4 is 0 Å². The minimum atomic E-state index is -1.99. The van der Waals surface area contributed by atoms with E-state index in [-0.39, 0.29) is 33.1 Å². The molecule has 3 aliphatic carbocycles. The molecule has 272 valence electrons. The highest BCUT2D eigenvalue weighted by atomic mass is 28.4. The Hall–Kier alpha value is -1.48. The zero-order chi connectivity index (χ0) is 36.5. The van der Waals surface area contributed by atoms with Crippen molar-refractivity contribution >= 4 is 22.3 Å². The summed E-state index contributed by atoms with van der Waals surface area (Å²) in [5, 5.41) is 4.61. The third-order valence-electron chi connectivity index (χ3n) is 12.6. The van der Waals surface area contributed by atoms with Gasteiger partial charge >= 0.3 is 0 Å². The fourth-order valence-corrected chi connectivity index (χ4v) is 10.1. The van der Waals surface area contributed by atoms with Crippen molar-refractivity contribution in [2.75, 3.05) is 7.11 Å². The van der Waals surface area contributed by atoms with Crippen molar-refractivity contribution in [2.24, 2.45) is 27.8 Å². The van der Waals surface area contributed by atoms with Crippen molar-refractivity contribution < 1.29 is 13.7 Å². The van der Waals surface area contributed by atoms with Crippen molar-refractivity contribution in [1.82, 2.24) is 0 Å². The molecule has 0 aromatic carbocycles. The first-order valence-electron chi connectivity index (χ1n) is 18.8. The molecular weight excluding hydrogens is 623 g/mol. The zero-order valence-corrected chi connectivity index (χ0v) is 36.0. The summed E-state index contributed by atoms with van der Waals surface area (Å²) in [5.74, 6) is 1.07. The average Bonchev–Trinajstić information content (AvgIpc) is 3.29. The van der Waals surface area contributed by atoms with Crippen molar-refractivity contribution in [3.8, 4) is 0 Å². The normalized spacial score (nSPS) is 29.1. The number of hydrogen-bond donors (Lipinski definition) is 0. The molecule has 0 radical (unpaired) electrons. The van der Waals surface area contributed by atoms with Gasteiger partial charge in [-0.25, -0.2) is 0 Å². The standard InChI is InChI=1S/C42H73NO3Si2/c1-30(20-18-22-38(43-44-13)39(3,4)5)35-25-26-36-32(21-19-27-42(35,36)12)23-24-33-28-34(45-47(14,15)40(6,7)8)29-37(31(33)2)46-48(16,17)41(9,10)11/h18,22-25,30,34,36-37H,2,19-21,26-29H2,1,3-17H3/t30?,34-,36+,37+,42?/m1/s1. The molecular formula is C42H73NO3Si2. The zero-order valence-electron chi connectivity index (χ0n) is 34.0. The van der Waals surface area contributed by atoms with E-state index in [0.29, 0.717) is 11.8 Å². The van der Waals surface area contributed by atoms with E-state index < -0.39 is 16.6 Å². The Kier molecular flexibility index (Phi) is 12.8. The Balaban J connectivity index is 1.87. The second-order valence-corrected chi connectivity index (χ2v) is 28.9. The highest BCUT2D eigenvalue weighted by molar-refractivity contribution is 6.74. The summed E-state index contributed by atoms with van der Waals surface area (Å²) >= 11 is 0. The van der Waals surface area contributed by atoms with Crippen LogP contribution in [0.25, 0.3) is 0 Å². The first-order chi connectivity index (χ1) is 21.8. The minimum Gasteiger partial charge on any atom is -0.413 e. The van der Waals surface area contributed by atoms with Gasteiger partial charge in [0.05, 0.1) is 17.9 Å². The molecule has 6 heteroatoms. The number of hydrogen-bond acceptors (Lipinski definition) is 4. The second-order valence-electron chi connectivity index (χ2n) is 19.4. The number of allylic oxidation sites excluding steroid dienone is 7. The Morgan fingerprint density at radius 1 is 1.00 bits per heavy atom. The van der Waals surface area contributed by atoms with E-state index in [0.717, 1.165) is 31.4 Å². The molecule has 0 heterocycles. The van der Waals surface area contributed by atoms with Gasteiger partial charge in [0.15, 0.2) is 16.6 Å². The largest absolute Gasteiger partial charge is 0.413 e. The number of oxime groups is 1. The molecule has 3 rings (SSSR count). The highest BCUT2D eigenvalue weighted by Crippen LogP contribution is 2.57. The molecule has 48 heavy (non-hydrogen) atoms. The van der Waals surface area contributed by atoms with Gasteiger partial charge in [0.2, 0.25) is 0 Å². The van der Waals surface area contributed by atoms with Gasteiger partial charge in [-0.15, -0.1) is 0 Å². The van der Waals surface area contributed by atoms with Crippen LogP contribution in [0.4, 0.5) is 0 Å². The third kappa shape index (κ3) is 9.44. The van der Waals surface area contributed by atoms with Crippen LogP contribution in [-0.4, -0.2) is 41.7 Å². The van der Waals surface area contributed by atoms with Crippen LogP contribution >= 0.6 is 0 Å². The monoisotopic (exact) mass is 696 g/mol. The molecule has 0 amide bonds. The molecule has 2 unspecified atom stereocenters. The lowest BCUT2D eigenvalue weighted by Crippen LogP contribution is -2.49. The summed E-state index contributed by atoms with van der Waals surface area (Å²) in [6, 6.07) is 0. The lowest BCUT2D eigenvalue weighted by molar-refractivity contribution is 0.0969. The molecule has 2 fully saturated rings. The lowest BCUT2D eigenvalue weighted by atomic mass is 9.62. The molecule has 0 aromatic heterocycles. The summed E-state index contributed by atoms with van der Waals surface area (Å²) in [7, 11) is -2.30. The fraction of sp³-hybridized carbons (Fsp3) is 0.738. The molecule has 0 bridgehead atoms. The van der Waals surface area contributed by atoms with Crippen LogP contribution in [0, 0.1) is 22.7 Å². The van der Waals surface area contributed by atoms with E-state index in [4.69, 9.17) is 20.3 Å². The SMILES string of the molecule is C=C1C(=CC=C2CCCC3(C)C(C(C)CC=CC(=NOC)C(C)(C)C)=CC[C@@H]23)C[C@@H](O[Si](C)(C)C(C)(C)C)C[C@@H]1O[Si](C)(C)C(C)(C)C. The molecule has 2 saturated carbocycles. The van der Waals surface area contributed by atoms with Crippen LogP contribution in [-0.2, 0) is 13.7 Å². The quantitative estimate of drug-likeness (QED) is 0.0988. The Labute approximate surface area is 298 Å². The van der Waals surface area contributed by atoms with Gasteiger partial charge in [-0.3, -0.25) is 0 Å². The van der Waals surface area contributed by atoms with E-state index in [9.17, 15) is 0 Å². The molecule has 0 saturated heterocycles. The Morgan fingerprint density at radius 3 is 2.17 bits per heavy atom. The molecule has 4 nitrogen and oxygen atoms in total. The van der Waals surface area contributed by atoms with E-state index in [1.807, 2.05) is 0 Å². The van der Waals surface area contributed by atoms with Crippen LogP contribution in [0.3, 0.4) is 0 Å². The van der Waals surface area contributed by atoms with Gasteiger partial charge in [0.25, 0.3) is 0 Å². The topological polar surface area (TPSA) is 40.0 Å². The minimum absolute atomic E-state index is 0.0112. The molecule has 3 aliphatic rings. The molecule has 0 aliphatic heterocycles. The molecule has 0 aromatic rings. The predicted molar refractivity (Wildman–Crippen MR) is 214 cm³/mol. The Bertz CT molecular complexity index is 1310. The van der Waals surface area contributed by atoms with Gasteiger partial charge in [0, 0.05) is 11.8 Å².